The van der Waals surface area contributed by atoms with Gasteiger partial charge < -0.3 is 24.4 Å². The molecule has 7 nitrogen and oxygen atoms in total. The van der Waals surface area contributed by atoms with E-state index in [0.717, 1.165) is 11.1 Å². The lowest BCUT2D eigenvalue weighted by Gasteiger charge is -2.23. The molecule has 6 rings (SSSR count). The summed E-state index contributed by atoms with van der Waals surface area (Å²) in [6.07, 6.45) is 3.56. The van der Waals surface area contributed by atoms with Gasteiger partial charge in [0, 0.05) is 13.1 Å². The maximum Gasteiger partial charge on any atom is 0.231 e. The van der Waals surface area contributed by atoms with Crippen LogP contribution in [0.1, 0.15) is 16.7 Å². The Kier molecular flexibility index (Phi) is 4.30. The first kappa shape index (κ1) is 19.4. The highest BCUT2D eigenvalue weighted by Crippen LogP contribution is 2.52. The van der Waals surface area contributed by atoms with E-state index < -0.39 is 17.4 Å². The average Bonchev–Trinajstić information content (AvgIpc) is 3.54. The van der Waals surface area contributed by atoms with Gasteiger partial charge in [0.15, 0.2) is 11.5 Å². The molecule has 2 aromatic rings. The van der Waals surface area contributed by atoms with Crippen molar-refractivity contribution in [3.05, 3.63) is 71.3 Å². The van der Waals surface area contributed by atoms with Crippen molar-refractivity contribution in [3.63, 3.8) is 0 Å². The molecule has 0 radical (unpaired) electrons. The molecule has 1 N–H and O–H groups in total. The fourth-order valence-electron chi connectivity index (χ4n) is 5.28. The molecule has 2 saturated heterocycles. The fraction of sp³-hybridized carbons (Fsp3) is 0.360. The van der Waals surface area contributed by atoms with E-state index >= 15 is 0 Å². The molecule has 0 aliphatic carbocycles. The fourth-order valence-corrected chi connectivity index (χ4v) is 5.28. The van der Waals surface area contributed by atoms with E-state index in [1.165, 1.54) is 5.56 Å². The van der Waals surface area contributed by atoms with Gasteiger partial charge in [0.25, 0.3) is 0 Å². The van der Waals surface area contributed by atoms with Crippen LogP contribution in [0.25, 0.3) is 0 Å². The van der Waals surface area contributed by atoms with Crippen LogP contribution in [0.3, 0.4) is 0 Å². The molecule has 32 heavy (non-hydrogen) atoms. The second-order valence-corrected chi connectivity index (χ2v) is 8.99. The minimum atomic E-state index is -0.701. The largest absolute Gasteiger partial charge is 0.454 e. The second kappa shape index (κ2) is 7.10. The van der Waals surface area contributed by atoms with Crippen molar-refractivity contribution < 1.29 is 23.8 Å². The lowest BCUT2D eigenvalue weighted by molar-refractivity contribution is -0.137. The SMILES string of the molecule is Cc1ccc(CN2CC34C=C[C@H](O3)C(C(=O)NCc3ccc5c(c3)OCO5)[C@H]4C2=O)cc1. The number of hydrogen-bond donors (Lipinski definition) is 1. The van der Waals surface area contributed by atoms with Gasteiger partial charge in [-0.15, -0.1) is 0 Å². The summed E-state index contributed by atoms with van der Waals surface area (Å²) in [4.78, 5) is 28.4. The summed E-state index contributed by atoms with van der Waals surface area (Å²) >= 11 is 0. The highest BCUT2D eigenvalue weighted by atomic mass is 16.7. The Hall–Kier alpha value is -3.32. The van der Waals surface area contributed by atoms with E-state index in [2.05, 4.69) is 5.32 Å². The third-order valence-electron chi connectivity index (χ3n) is 6.88. The second-order valence-electron chi connectivity index (χ2n) is 8.99. The van der Waals surface area contributed by atoms with Crippen LogP contribution in [0.5, 0.6) is 11.5 Å². The first-order valence-corrected chi connectivity index (χ1v) is 10.9. The molecule has 0 aromatic heterocycles. The van der Waals surface area contributed by atoms with Gasteiger partial charge in [-0.1, -0.05) is 48.0 Å². The van der Waals surface area contributed by atoms with Gasteiger partial charge in [0.2, 0.25) is 18.6 Å². The molecule has 4 heterocycles. The molecule has 4 atom stereocenters. The molecule has 164 valence electrons. The Morgan fingerprint density at radius 3 is 2.75 bits per heavy atom. The van der Waals surface area contributed by atoms with Gasteiger partial charge in [-0.3, -0.25) is 9.59 Å². The quantitative estimate of drug-likeness (QED) is 0.734. The van der Waals surface area contributed by atoms with Gasteiger partial charge in [-0.05, 0) is 30.2 Å². The van der Waals surface area contributed by atoms with Gasteiger partial charge >= 0.3 is 0 Å². The normalized spacial score (nSPS) is 29.0. The van der Waals surface area contributed by atoms with Gasteiger partial charge in [-0.25, -0.2) is 0 Å². The molecule has 0 saturated carbocycles. The molecule has 4 aliphatic rings. The van der Waals surface area contributed by atoms with Crippen molar-refractivity contribution in [3.8, 4) is 11.5 Å². The summed E-state index contributed by atoms with van der Waals surface area (Å²) in [7, 11) is 0. The lowest BCUT2D eigenvalue weighted by Crippen LogP contribution is -2.43. The van der Waals surface area contributed by atoms with Crippen LogP contribution in [-0.2, 0) is 27.4 Å². The Labute approximate surface area is 185 Å². The predicted molar refractivity (Wildman–Crippen MR) is 115 cm³/mol. The topological polar surface area (TPSA) is 77.1 Å². The number of rotatable bonds is 5. The molecule has 4 aliphatic heterocycles. The zero-order valence-electron chi connectivity index (χ0n) is 17.7. The van der Waals surface area contributed by atoms with Crippen molar-refractivity contribution in [2.45, 2.75) is 31.7 Å². The number of hydrogen-bond acceptors (Lipinski definition) is 5. The van der Waals surface area contributed by atoms with Crippen molar-refractivity contribution in [1.29, 1.82) is 0 Å². The van der Waals surface area contributed by atoms with E-state index in [0.29, 0.717) is 31.1 Å². The number of likely N-dealkylation sites (tertiary alicyclic amines) is 1. The smallest absolute Gasteiger partial charge is 0.231 e. The number of amides is 2. The molecule has 2 unspecified atom stereocenters. The van der Waals surface area contributed by atoms with Gasteiger partial charge in [0.05, 0.1) is 24.5 Å². The molecule has 1 spiro atoms. The van der Waals surface area contributed by atoms with Crippen molar-refractivity contribution in [2.24, 2.45) is 11.8 Å². The number of nitrogens with one attached hydrogen (secondary N) is 1. The number of nitrogens with zero attached hydrogens (tertiary/aromatic N) is 1. The molecule has 2 amide bonds. The molecule has 2 bridgehead atoms. The number of carbonyl (C=O) groups excluding carboxylic acids is 2. The van der Waals surface area contributed by atoms with Crippen molar-refractivity contribution in [1.82, 2.24) is 10.2 Å². The molecular weight excluding hydrogens is 408 g/mol. The summed E-state index contributed by atoms with van der Waals surface area (Å²) in [6, 6.07) is 13.8. The Bertz CT molecular complexity index is 1130. The van der Waals surface area contributed by atoms with E-state index in [9.17, 15) is 9.59 Å². The van der Waals surface area contributed by atoms with Gasteiger partial charge in [0.1, 0.15) is 5.60 Å². The van der Waals surface area contributed by atoms with Gasteiger partial charge in [-0.2, -0.15) is 0 Å². The van der Waals surface area contributed by atoms with Crippen LogP contribution in [0.4, 0.5) is 0 Å². The summed E-state index contributed by atoms with van der Waals surface area (Å²) in [5.74, 6) is 0.206. The lowest BCUT2D eigenvalue weighted by atomic mass is 9.77. The zero-order chi connectivity index (χ0) is 21.9. The van der Waals surface area contributed by atoms with E-state index in [-0.39, 0.29) is 24.7 Å². The highest BCUT2D eigenvalue weighted by molar-refractivity contribution is 5.93. The minimum Gasteiger partial charge on any atom is -0.454 e. The van der Waals surface area contributed by atoms with E-state index in [4.69, 9.17) is 14.2 Å². The number of carbonyl (C=O) groups is 2. The van der Waals surface area contributed by atoms with Crippen LogP contribution in [-0.4, -0.2) is 41.8 Å². The van der Waals surface area contributed by atoms with Crippen LogP contribution in [0, 0.1) is 18.8 Å². The third-order valence-corrected chi connectivity index (χ3v) is 6.88. The van der Waals surface area contributed by atoms with Crippen LogP contribution < -0.4 is 14.8 Å². The third kappa shape index (κ3) is 2.99. The number of ether oxygens (including phenoxy) is 3. The van der Waals surface area contributed by atoms with Crippen molar-refractivity contribution >= 4 is 11.8 Å². The monoisotopic (exact) mass is 432 g/mol. The average molecular weight is 432 g/mol. The number of aryl methyl sites for hydroxylation is 1. The van der Waals surface area contributed by atoms with Crippen LogP contribution >= 0.6 is 0 Å². The first-order chi connectivity index (χ1) is 15.5. The van der Waals surface area contributed by atoms with E-state index in [1.54, 1.807) is 0 Å². The first-order valence-electron chi connectivity index (χ1n) is 10.9. The molecular formula is C25H24N2O5. The maximum atomic E-state index is 13.4. The predicted octanol–water partition coefficient (Wildman–Crippen LogP) is 2.32. The molecule has 2 aromatic carbocycles. The van der Waals surface area contributed by atoms with Crippen LogP contribution in [0.15, 0.2) is 54.6 Å². The molecule has 2 fully saturated rings. The van der Waals surface area contributed by atoms with Crippen molar-refractivity contribution in [2.75, 3.05) is 13.3 Å². The summed E-state index contributed by atoms with van der Waals surface area (Å²) in [6.45, 7) is 3.60. The Balaban J connectivity index is 1.17. The number of fused-ring (bicyclic) bond motifs is 2. The maximum absolute atomic E-state index is 13.4. The minimum absolute atomic E-state index is 0.0133. The summed E-state index contributed by atoms with van der Waals surface area (Å²) in [5.41, 5.74) is 2.46. The van der Waals surface area contributed by atoms with Crippen LogP contribution in [0.2, 0.25) is 0 Å². The Morgan fingerprint density at radius 1 is 1.12 bits per heavy atom. The summed E-state index contributed by atoms with van der Waals surface area (Å²) < 4.78 is 17.0. The number of benzene rings is 2. The molecule has 7 heteroatoms. The van der Waals surface area contributed by atoms with E-state index in [1.807, 2.05) is 66.4 Å². The summed E-state index contributed by atoms with van der Waals surface area (Å²) in [5, 5.41) is 3.00. The highest BCUT2D eigenvalue weighted by Gasteiger charge is 2.66. The Morgan fingerprint density at radius 2 is 1.91 bits per heavy atom. The zero-order valence-corrected chi connectivity index (χ0v) is 17.7. The standard InChI is InChI=1S/C25H24N2O5/c1-15-2-4-16(5-3-15)12-27-13-25-9-8-19(32-25)21(22(25)24(27)29)23(28)26-11-17-6-7-18-20(10-17)31-14-30-18/h2-10,19,21-22H,11-14H2,1H3,(H,26,28)/t19-,21?,22-,25?/m0/s1.